The molecule has 4 rings (SSSR count). The molecule has 10 heteroatoms. The van der Waals surface area contributed by atoms with Gasteiger partial charge in [-0.05, 0) is 30.3 Å². The van der Waals surface area contributed by atoms with Gasteiger partial charge >= 0.3 is 12.0 Å². The standard InChI is InChI=1S/C23H18N4O6/c28-19(25-23(31)24-13-16-9-6-12-32-16)14-33-22(30)20-17-10-4-5-11-18(17)21(29)27(26-20)15-7-2-1-3-8-15/h1-12H,13-14H2,(H2,24,25,28,31). The summed E-state index contributed by atoms with van der Waals surface area (Å²) < 4.78 is 11.2. The van der Waals surface area contributed by atoms with E-state index in [0.29, 0.717) is 11.4 Å². The van der Waals surface area contributed by atoms with Gasteiger partial charge in [0.2, 0.25) is 0 Å². The van der Waals surface area contributed by atoms with E-state index in [4.69, 9.17) is 9.15 Å². The molecule has 0 bridgehead atoms. The Hall–Kier alpha value is -4.73. The van der Waals surface area contributed by atoms with Gasteiger partial charge in [0.25, 0.3) is 11.5 Å². The second-order valence-electron chi connectivity index (χ2n) is 6.83. The van der Waals surface area contributed by atoms with E-state index < -0.39 is 30.1 Å². The Kier molecular flexibility index (Phi) is 6.26. The molecule has 0 fully saturated rings. The van der Waals surface area contributed by atoms with E-state index in [9.17, 15) is 19.2 Å². The minimum absolute atomic E-state index is 0.0862. The lowest BCUT2D eigenvalue weighted by molar-refractivity contribution is -0.123. The molecule has 0 spiro atoms. The number of rotatable bonds is 6. The first-order valence-electron chi connectivity index (χ1n) is 9.87. The summed E-state index contributed by atoms with van der Waals surface area (Å²) in [5.74, 6) is -1.24. The molecule has 0 radical (unpaired) electrons. The number of hydrogen-bond donors (Lipinski definition) is 2. The lowest BCUT2D eigenvalue weighted by Crippen LogP contribution is -2.41. The maximum atomic E-state index is 12.9. The van der Waals surface area contributed by atoms with Crippen LogP contribution < -0.4 is 16.2 Å². The summed E-state index contributed by atoms with van der Waals surface area (Å²) in [7, 11) is 0. The summed E-state index contributed by atoms with van der Waals surface area (Å²) in [6.45, 7) is -0.629. The number of nitrogens with one attached hydrogen (secondary N) is 2. The Bertz CT molecular complexity index is 1360. The van der Waals surface area contributed by atoms with Crippen LogP contribution in [0.25, 0.3) is 16.5 Å². The second-order valence-corrected chi connectivity index (χ2v) is 6.83. The zero-order valence-electron chi connectivity index (χ0n) is 17.2. The number of furan rings is 1. The third kappa shape index (κ3) is 4.96. The smallest absolute Gasteiger partial charge is 0.359 e. The summed E-state index contributed by atoms with van der Waals surface area (Å²) in [5, 5.41) is 9.22. The fraction of sp³-hybridized carbons (Fsp3) is 0.0870. The van der Waals surface area contributed by atoms with Crippen molar-refractivity contribution in [3.63, 3.8) is 0 Å². The number of nitrogens with zero attached hydrogens (tertiary/aromatic N) is 2. The van der Waals surface area contributed by atoms with Crippen molar-refractivity contribution in [2.24, 2.45) is 0 Å². The molecule has 0 aliphatic rings. The molecule has 0 saturated carbocycles. The first-order chi connectivity index (χ1) is 16.0. The summed E-state index contributed by atoms with van der Waals surface area (Å²) in [6.07, 6.45) is 1.46. The van der Waals surface area contributed by atoms with E-state index in [1.54, 1.807) is 66.7 Å². The molecule has 33 heavy (non-hydrogen) atoms. The predicted molar refractivity (Wildman–Crippen MR) is 117 cm³/mol. The molecule has 2 heterocycles. The van der Waals surface area contributed by atoms with Crippen molar-refractivity contribution in [3.8, 4) is 5.69 Å². The van der Waals surface area contributed by atoms with Crippen molar-refractivity contribution in [2.45, 2.75) is 6.54 Å². The van der Waals surface area contributed by atoms with Crippen molar-refractivity contribution in [3.05, 3.63) is 94.8 Å². The van der Waals surface area contributed by atoms with Crippen molar-refractivity contribution in [1.29, 1.82) is 0 Å². The number of carbonyl (C=O) groups is 3. The quantitative estimate of drug-likeness (QED) is 0.434. The van der Waals surface area contributed by atoms with Gasteiger partial charge in [0.1, 0.15) is 5.76 Å². The van der Waals surface area contributed by atoms with E-state index in [1.807, 2.05) is 5.32 Å². The van der Waals surface area contributed by atoms with Gasteiger partial charge in [0, 0.05) is 5.39 Å². The Balaban J connectivity index is 1.47. The number of aromatic nitrogens is 2. The van der Waals surface area contributed by atoms with Crippen LogP contribution in [-0.2, 0) is 16.1 Å². The molecule has 4 aromatic rings. The van der Waals surface area contributed by atoms with Crippen LogP contribution in [0.4, 0.5) is 4.79 Å². The van der Waals surface area contributed by atoms with Crippen LogP contribution in [0, 0.1) is 0 Å². The Morgan fingerprint density at radius 3 is 2.39 bits per heavy atom. The van der Waals surface area contributed by atoms with Crippen molar-refractivity contribution in [2.75, 3.05) is 6.61 Å². The average Bonchev–Trinajstić information content (AvgIpc) is 3.36. The van der Waals surface area contributed by atoms with Crippen LogP contribution in [0.1, 0.15) is 16.2 Å². The Morgan fingerprint density at radius 2 is 1.67 bits per heavy atom. The van der Waals surface area contributed by atoms with Gasteiger partial charge in [0.15, 0.2) is 12.3 Å². The van der Waals surface area contributed by atoms with Crippen LogP contribution in [-0.4, -0.2) is 34.3 Å². The predicted octanol–water partition coefficient (Wildman–Crippen LogP) is 2.16. The average molecular weight is 446 g/mol. The van der Waals surface area contributed by atoms with Gasteiger partial charge in [-0.1, -0.05) is 36.4 Å². The minimum atomic E-state index is -0.915. The topological polar surface area (TPSA) is 133 Å². The number of ether oxygens (including phenoxy) is 1. The van der Waals surface area contributed by atoms with Crippen molar-refractivity contribution in [1.82, 2.24) is 20.4 Å². The maximum Gasteiger partial charge on any atom is 0.359 e. The molecule has 0 saturated heterocycles. The number of fused-ring (bicyclic) bond motifs is 1. The zero-order valence-corrected chi connectivity index (χ0v) is 17.2. The van der Waals surface area contributed by atoms with Crippen LogP contribution in [0.3, 0.4) is 0 Å². The number of hydrogen-bond acceptors (Lipinski definition) is 7. The van der Waals surface area contributed by atoms with Crippen molar-refractivity contribution >= 4 is 28.7 Å². The van der Waals surface area contributed by atoms with Gasteiger partial charge in [0.05, 0.1) is 23.9 Å². The van der Waals surface area contributed by atoms with E-state index >= 15 is 0 Å². The van der Waals surface area contributed by atoms with Gasteiger partial charge < -0.3 is 14.5 Å². The van der Waals surface area contributed by atoms with Crippen LogP contribution in [0.2, 0.25) is 0 Å². The third-order valence-corrected chi connectivity index (χ3v) is 4.59. The number of imide groups is 1. The highest BCUT2D eigenvalue weighted by Gasteiger charge is 2.20. The molecule has 0 atom stereocenters. The molecule has 2 aromatic carbocycles. The number of urea groups is 1. The van der Waals surface area contributed by atoms with Gasteiger partial charge in [-0.2, -0.15) is 9.78 Å². The normalized spacial score (nSPS) is 10.5. The molecular formula is C23H18N4O6. The molecule has 0 aliphatic carbocycles. The largest absolute Gasteiger partial charge is 0.467 e. The molecule has 2 aromatic heterocycles. The zero-order chi connectivity index (χ0) is 23.2. The highest BCUT2D eigenvalue weighted by molar-refractivity contribution is 6.03. The molecule has 3 amide bonds. The summed E-state index contributed by atoms with van der Waals surface area (Å²) in [6, 6.07) is 17.6. The number of esters is 1. The molecule has 166 valence electrons. The van der Waals surface area contributed by atoms with E-state index in [1.165, 1.54) is 6.26 Å². The molecule has 2 N–H and O–H groups in total. The second kappa shape index (κ2) is 9.60. The minimum Gasteiger partial charge on any atom is -0.467 e. The Morgan fingerprint density at radius 1 is 0.939 bits per heavy atom. The van der Waals surface area contributed by atoms with Crippen molar-refractivity contribution < 1.29 is 23.5 Å². The van der Waals surface area contributed by atoms with E-state index in [2.05, 4.69) is 10.4 Å². The summed E-state index contributed by atoms with van der Waals surface area (Å²) in [5.41, 5.74) is -0.0725. The fourth-order valence-electron chi connectivity index (χ4n) is 3.07. The lowest BCUT2D eigenvalue weighted by Gasteiger charge is -2.11. The number of amides is 3. The number of carbonyl (C=O) groups excluding carboxylic acids is 3. The van der Waals surface area contributed by atoms with Gasteiger partial charge in [-0.15, -0.1) is 0 Å². The highest BCUT2D eigenvalue weighted by atomic mass is 16.5. The summed E-state index contributed by atoms with van der Waals surface area (Å²) >= 11 is 0. The first-order valence-corrected chi connectivity index (χ1v) is 9.87. The highest BCUT2D eigenvalue weighted by Crippen LogP contribution is 2.16. The SMILES string of the molecule is O=C(COC(=O)c1nn(-c2ccccc2)c(=O)c2ccccc12)NC(=O)NCc1ccco1. The van der Waals surface area contributed by atoms with E-state index in [-0.39, 0.29) is 23.0 Å². The number of benzene rings is 2. The lowest BCUT2D eigenvalue weighted by atomic mass is 10.1. The monoisotopic (exact) mass is 446 g/mol. The molecule has 0 unspecified atom stereocenters. The molecular weight excluding hydrogens is 428 g/mol. The maximum absolute atomic E-state index is 12.9. The number of para-hydroxylation sites is 1. The van der Waals surface area contributed by atoms with Crippen LogP contribution in [0.5, 0.6) is 0 Å². The van der Waals surface area contributed by atoms with Crippen LogP contribution >= 0.6 is 0 Å². The fourth-order valence-corrected chi connectivity index (χ4v) is 3.07. The third-order valence-electron chi connectivity index (χ3n) is 4.59. The summed E-state index contributed by atoms with van der Waals surface area (Å²) in [4.78, 5) is 49.4. The van der Waals surface area contributed by atoms with Gasteiger partial charge in [-0.3, -0.25) is 14.9 Å². The first kappa shape index (κ1) is 21.5. The van der Waals surface area contributed by atoms with Gasteiger partial charge in [-0.25, -0.2) is 9.59 Å². The molecule has 0 aliphatic heterocycles. The molecule has 10 nitrogen and oxygen atoms in total. The van der Waals surface area contributed by atoms with Crippen LogP contribution in [0.15, 0.2) is 82.2 Å². The van der Waals surface area contributed by atoms with E-state index in [0.717, 1.165) is 4.68 Å². The Labute approximate surface area is 186 Å².